The lowest BCUT2D eigenvalue weighted by Gasteiger charge is -2.00. The molecule has 2 aromatic heterocycles. The van der Waals surface area contributed by atoms with Crippen LogP contribution in [0.4, 0.5) is 0 Å². The first-order chi connectivity index (χ1) is 7.16. The fourth-order valence-corrected chi connectivity index (χ4v) is 1.43. The molecule has 2 heterocycles. The molecule has 0 N–H and O–H groups in total. The van der Waals surface area contributed by atoms with Crippen molar-refractivity contribution in [3.63, 3.8) is 0 Å². The Morgan fingerprint density at radius 3 is 3.00 bits per heavy atom. The number of halogens is 1. The van der Waals surface area contributed by atoms with Gasteiger partial charge in [-0.3, -0.25) is 9.36 Å². The number of aryl methyl sites for hydroxylation is 1. The van der Waals surface area contributed by atoms with Crippen molar-refractivity contribution in [1.82, 2.24) is 19.7 Å². The molecule has 0 saturated carbocycles. The lowest BCUT2D eigenvalue weighted by atomic mass is 10.5. The first-order valence-electron chi connectivity index (χ1n) is 4.16. The lowest BCUT2D eigenvalue weighted by molar-refractivity contribution is 0.450. The zero-order chi connectivity index (χ0) is 10.8. The zero-order valence-corrected chi connectivity index (χ0v) is 9.43. The van der Waals surface area contributed by atoms with E-state index >= 15 is 0 Å². The Morgan fingerprint density at radius 1 is 1.53 bits per heavy atom. The summed E-state index contributed by atoms with van der Waals surface area (Å²) in [5.41, 5.74) is -0.180. The molecular formula is C8H7BrN4O2. The molecule has 0 saturated heterocycles. The van der Waals surface area contributed by atoms with Crippen molar-refractivity contribution < 1.29 is 4.42 Å². The fourth-order valence-electron chi connectivity index (χ4n) is 1.08. The molecule has 0 atom stereocenters. The van der Waals surface area contributed by atoms with E-state index in [2.05, 4.69) is 31.1 Å². The molecule has 0 unspecified atom stereocenters. The van der Waals surface area contributed by atoms with E-state index in [9.17, 15) is 4.79 Å². The second-order valence-electron chi connectivity index (χ2n) is 2.89. The summed E-state index contributed by atoms with van der Waals surface area (Å²) in [5, 5.41) is 7.46. The quantitative estimate of drug-likeness (QED) is 0.805. The average Bonchev–Trinajstić information content (AvgIpc) is 2.59. The Kier molecular flexibility index (Phi) is 2.63. The van der Waals surface area contributed by atoms with Gasteiger partial charge in [0.2, 0.25) is 11.8 Å². The minimum absolute atomic E-state index is 0.180. The Hall–Kier alpha value is -1.50. The molecule has 0 bridgehead atoms. The van der Waals surface area contributed by atoms with Crippen LogP contribution in [-0.4, -0.2) is 19.7 Å². The van der Waals surface area contributed by atoms with Crippen molar-refractivity contribution in [3.8, 4) is 0 Å². The van der Waals surface area contributed by atoms with Crippen molar-refractivity contribution >= 4 is 15.9 Å². The molecule has 2 aromatic rings. The van der Waals surface area contributed by atoms with E-state index in [1.54, 1.807) is 6.92 Å². The average molecular weight is 271 g/mol. The Bertz CT molecular complexity index is 533. The third-order valence-corrected chi connectivity index (χ3v) is 2.28. The van der Waals surface area contributed by atoms with Crippen LogP contribution < -0.4 is 5.56 Å². The maximum Gasteiger partial charge on any atom is 0.268 e. The molecule has 0 aliphatic carbocycles. The van der Waals surface area contributed by atoms with Crippen molar-refractivity contribution in [3.05, 3.63) is 39.1 Å². The summed E-state index contributed by atoms with van der Waals surface area (Å²) >= 11 is 3.10. The standard InChI is InChI=1S/C8H7BrN4O2/c1-5-11-12-7(15-5)3-13-4-10-2-6(9)8(13)14/h2,4H,3H2,1H3. The van der Waals surface area contributed by atoms with E-state index < -0.39 is 0 Å². The predicted octanol–water partition coefficient (Wildman–Crippen LogP) is 0.746. The second-order valence-corrected chi connectivity index (χ2v) is 3.74. The predicted molar refractivity (Wildman–Crippen MR) is 54.3 cm³/mol. The fraction of sp³-hybridized carbons (Fsp3) is 0.250. The number of aromatic nitrogens is 4. The highest BCUT2D eigenvalue weighted by Gasteiger charge is 2.06. The second kappa shape index (κ2) is 3.93. The van der Waals surface area contributed by atoms with Gasteiger partial charge in [-0.2, -0.15) is 0 Å². The van der Waals surface area contributed by atoms with Gasteiger partial charge in [0.1, 0.15) is 11.0 Å². The molecule has 0 radical (unpaired) electrons. The first kappa shape index (κ1) is 10.0. The summed E-state index contributed by atoms with van der Waals surface area (Å²) in [7, 11) is 0. The van der Waals surface area contributed by atoms with Crippen LogP contribution in [0, 0.1) is 6.92 Å². The summed E-state index contributed by atoms with van der Waals surface area (Å²) < 4.78 is 6.95. The van der Waals surface area contributed by atoms with Gasteiger partial charge >= 0.3 is 0 Å². The van der Waals surface area contributed by atoms with E-state index in [1.165, 1.54) is 17.1 Å². The van der Waals surface area contributed by atoms with E-state index in [0.29, 0.717) is 16.3 Å². The van der Waals surface area contributed by atoms with Crippen LogP contribution in [0.2, 0.25) is 0 Å². The minimum Gasteiger partial charge on any atom is -0.424 e. The highest BCUT2D eigenvalue weighted by molar-refractivity contribution is 9.10. The van der Waals surface area contributed by atoms with Gasteiger partial charge in [0.25, 0.3) is 5.56 Å². The van der Waals surface area contributed by atoms with Crippen LogP contribution >= 0.6 is 15.9 Å². The SMILES string of the molecule is Cc1nnc(Cn2cncc(Br)c2=O)o1. The van der Waals surface area contributed by atoms with Crippen LogP contribution in [0.5, 0.6) is 0 Å². The van der Waals surface area contributed by atoms with Gasteiger partial charge in [-0.15, -0.1) is 10.2 Å². The van der Waals surface area contributed by atoms with Crippen LogP contribution in [0.15, 0.2) is 26.2 Å². The van der Waals surface area contributed by atoms with Gasteiger partial charge in [-0.25, -0.2) is 4.98 Å². The van der Waals surface area contributed by atoms with Gasteiger partial charge in [-0.05, 0) is 15.9 Å². The molecule has 0 aliphatic rings. The Labute approximate surface area is 93.1 Å². The highest BCUT2D eigenvalue weighted by Crippen LogP contribution is 2.02. The molecule has 0 amide bonds. The molecule has 78 valence electrons. The molecule has 2 rings (SSSR count). The zero-order valence-electron chi connectivity index (χ0n) is 7.85. The topological polar surface area (TPSA) is 73.8 Å². The normalized spacial score (nSPS) is 10.5. The Balaban J connectivity index is 2.32. The van der Waals surface area contributed by atoms with Crippen LogP contribution in [0.25, 0.3) is 0 Å². The van der Waals surface area contributed by atoms with E-state index in [4.69, 9.17) is 4.42 Å². The summed E-state index contributed by atoms with van der Waals surface area (Å²) in [6, 6.07) is 0. The molecule has 6 nitrogen and oxygen atoms in total. The van der Waals surface area contributed by atoms with E-state index in [0.717, 1.165) is 0 Å². The molecule has 15 heavy (non-hydrogen) atoms. The number of nitrogens with zero attached hydrogens (tertiary/aromatic N) is 4. The Morgan fingerprint density at radius 2 is 2.33 bits per heavy atom. The number of hydrogen-bond acceptors (Lipinski definition) is 5. The van der Waals surface area contributed by atoms with Gasteiger partial charge in [0.05, 0.1) is 6.33 Å². The van der Waals surface area contributed by atoms with Crippen molar-refractivity contribution in [2.24, 2.45) is 0 Å². The highest BCUT2D eigenvalue weighted by atomic mass is 79.9. The minimum atomic E-state index is -0.180. The van der Waals surface area contributed by atoms with E-state index in [-0.39, 0.29) is 12.1 Å². The smallest absolute Gasteiger partial charge is 0.268 e. The van der Waals surface area contributed by atoms with Crippen LogP contribution in [0.3, 0.4) is 0 Å². The molecule has 0 aromatic carbocycles. The third kappa shape index (κ3) is 2.12. The third-order valence-electron chi connectivity index (χ3n) is 1.73. The summed E-state index contributed by atoms with van der Waals surface area (Å²) in [4.78, 5) is 15.4. The van der Waals surface area contributed by atoms with Crippen LogP contribution in [0.1, 0.15) is 11.8 Å². The molecule has 7 heteroatoms. The van der Waals surface area contributed by atoms with E-state index in [1.807, 2.05) is 0 Å². The molecule has 0 fully saturated rings. The monoisotopic (exact) mass is 270 g/mol. The maximum absolute atomic E-state index is 11.6. The van der Waals surface area contributed by atoms with Gasteiger partial charge < -0.3 is 4.42 Å². The molecular weight excluding hydrogens is 264 g/mol. The number of rotatable bonds is 2. The summed E-state index contributed by atoms with van der Waals surface area (Å²) in [6.45, 7) is 1.92. The van der Waals surface area contributed by atoms with Gasteiger partial charge in [0, 0.05) is 13.1 Å². The van der Waals surface area contributed by atoms with Gasteiger partial charge in [0.15, 0.2) is 0 Å². The van der Waals surface area contributed by atoms with Crippen molar-refractivity contribution in [2.75, 3.05) is 0 Å². The van der Waals surface area contributed by atoms with Crippen molar-refractivity contribution in [2.45, 2.75) is 13.5 Å². The van der Waals surface area contributed by atoms with Crippen molar-refractivity contribution in [1.29, 1.82) is 0 Å². The summed E-state index contributed by atoms with van der Waals surface area (Å²) in [6.07, 6.45) is 2.87. The van der Waals surface area contributed by atoms with Gasteiger partial charge in [-0.1, -0.05) is 0 Å². The molecule has 0 aliphatic heterocycles. The largest absolute Gasteiger partial charge is 0.424 e. The number of hydrogen-bond donors (Lipinski definition) is 0. The first-order valence-corrected chi connectivity index (χ1v) is 4.95. The molecule has 0 spiro atoms. The lowest BCUT2D eigenvalue weighted by Crippen LogP contribution is -2.21. The van der Waals surface area contributed by atoms with Crippen LogP contribution in [-0.2, 0) is 6.54 Å². The summed E-state index contributed by atoms with van der Waals surface area (Å²) in [5.74, 6) is 0.857. The maximum atomic E-state index is 11.6.